The Kier molecular flexibility index (Phi) is 3.43. The maximum atomic E-state index is 10.4. The molecule has 80 valence electrons. The molecule has 9 heteroatoms. The van der Waals surface area contributed by atoms with Gasteiger partial charge < -0.3 is 0 Å². The fourth-order valence-electron chi connectivity index (χ4n) is 0.850. The molecule has 0 aliphatic rings. The summed E-state index contributed by atoms with van der Waals surface area (Å²) in [5, 5.41) is 30.9. The fourth-order valence-corrected chi connectivity index (χ4v) is 0.850. The molecule has 0 radical (unpaired) electrons. The van der Waals surface area contributed by atoms with Gasteiger partial charge >= 0.3 is 5.66 Å². The van der Waals surface area contributed by atoms with Crippen molar-refractivity contribution >= 4 is 0 Å². The Balaban J connectivity index is 4.79. The Bertz CT molecular complexity index is 263. The zero-order valence-electron chi connectivity index (χ0n) is 7.58. The van der Waals surface area contributed by atoms with Gasteiger partial charge in [-0.05, 0) is 0 Å². The van der Waals surface area contributed by atoms with Gasteiger partial charge in [-0.25, -0.2) is 0 Å². The Hall–Kier alpha value is -1.80. The molecule has 0 aromatic carbocycles. The second-order valence-electron chi connectivity index (χ2n) is 3.07. The van der Waals surface area contributed by atoms with E-state index in [1.165, 1.54) is 0 Å². The molecule has 0 fully saturated rings. The van der Waals surface area contributed by atoms with Gasteiger partial charge in [-0.1, -0.05) is 0 Å². The van der Waals surface area contributed by atoms with Gasteiger partial charge in [0.2, 0.25) is 6.04 Å². The molecule has 0 aromatic rings. The van der Waals surface area contributed by atoms with Crippen LogP contribution in [0, 0.1) is 30.3 Å². The Morgan fingerprint density at radius 3 is 1.71 bits per heavy atom. The predicted octanol–water partition coefficient (Wildman–Crippen LogP) is 0.311. The van der Waals surface area contributed by atoms with Crippen LogP contribution >= 0.6 is 0 Å². The first kappa shape index (κ1) is 12.2. The summed E-state index contributed by atoms with van der Waals surface area (Å²) in [6.45, 7) is 1.85. The molecule has 0 bridgehead atoms. The van der Waals surface area contributed by atoms with E-state index in [-0.39, 0.29) is 0 Å². The van der Waals surface area contributed by atoms with Crippen molar-refractivity contribution in [3.8, 4) is 0 Å². The van der Waals surface area contributed by atoms with Crippen LogP contribution in [0.3, 0.4) is 0 Å². The minimum atomic E-state index is -2.49. The summed E-state index contributed by atoms with van der Waals surface area (Å²) in [7, 11) is 0. The SMILES string of the molecule is CC(CC(C)([N+](=O)[O-])[N+](=O)[O-])[N+](=O)[O-]. The van der Waals surface area contributed by atoms with E-state index in [2.05, 4.69) is 0 Å². The van der Waals surface area contributed by atoms with Gasteiger partial charge in [-0.15, -0.1) is 0 Å². The number of hydrogen-bond donors (Lipinski definition) is 0. The summed E-state index contributed by atoms with van der Waals surface area (Å²) in [4.78, 5) is 27.9. The third-order valence-electron chi connectivity index (χ3n) is 1.83. The van der Waals surface area contributed by atoms with Crippen molar-refractivity contribution in [1.29, 1.82) is 0 Å². The van der Waals surface area contributed by atoms with Crippen LogP contribution in [0.4, 0.5) is 0 Å². The lowest BCUT2D eigenvalue weighted by Gasteiger charge is -2.12. The molecule has 0 aliphatic carbocycles. The lowest BCUT2D eigenvalue weighted by atomic mass is 10.1. The Morgan fingerprint density at radius 1 is 1.14 bits per heavy atom. The van der Waals surface area contributed by atoms with Crippen molar-refractivity contribution in [3.63, 3.8) is 0 Å². The monoisotopic (exact) mass is 207 g/mol. The van der Waals surface area contributed by atoms with Gasteiger partial charge in [0, 0.05) is 11.8 Å². The van der Waals surface area contributed by atoms with E-state index in [4.69, 9.17) is 0 Å². The zero-order chi connectivity index (χ0) is 11.5. The number of hydrogen-bond acceptors (Lipinski definition) is 6. The molecule has 0 spiro atoms. The van der Waals surface area contributed by atoms with Gasteiger partial charge in [0.1, 0.15) is 0 Å². The third kappa shape index (κ3) is 2.34. The van der Waals surface area contributed by atoms with Crippen molar-refractivity contribution in [3.05, 3.63) is 30.3 Å². The quantitative estimate of drug-likeness (QED) is 0.362. The number of rotatable bonds is 5. The third-order valence-corrected chi connectivity index (χ3v) is 1.83. The first-order valence-electron chi connectivity index (χ1n) is 3.64. The van der Waals surface area contributed by atoms with Gasteiger partial charge in [-0.3, -0.25) is 30.3 Å². The normalized spacial score (nSPS) is 13.3. The first-order valence-corrected chi connectivity index (χ1v) is 3.64. The summed E-state index contributed by atoms with van der Waals surface area (Å²) in [5.41, 5.74) is -2.49. The molecule has 9 nitrogen and oxygen atoms in total. The molecule has 0 aliphatic heterocycles. The summed E-state index contributed by atoms with van der Waals surface area (Å²) < 4.78 is 0. The summed E-state index contributed by atoms with van der Waals surface area (Å²) in [6.07, 6.45) is -0.736. The van der Waals surface area contributed by atoms with Crippen molar-refractivity contribution in [2.24, 2.45) is 0 Å². The lowest BCUT2D eigenvalue weighted by Crippen LogP contribution is -2.46. The molecule has 0 heterocycles. The van der Waals surface area contributed by atoms with Crippen LogP contribution in [0.2, 0.25) is 0 Å². The van der Waals surface area contributed by atoms with Gasteiger partial charge in [-0.2, -0.15) is 0 Å². The van der Waals surface area contributed by atoms with Crippen LogP contribution in [0.25, 0.3) is 0 Å². The van der Waals surface area contributed by atoms with E-state index in [0.29, 0.717) is 0 Å². The van der Waals surface area contributed by atoms with Crippen molar-refractivity contribution in [2.45, 2.75) is 32.0 Å². The summed E-state index contributed by atoms with van der Waals surface area (Å²) >= 11 is 0. The largest absolute Gasteiger partial charge is 0.462 e. The van der Waals surface area contributed by atoms with Gasteiger partial charge in [0.15, 0.2) is 6.42 Å². The number of nitro groups is 3. The van der Waals surface area contributed by atoms with Crippen LogP contribution in [0.5, 0.6) is 0 Å². The highest BCUT2D eigenvalue weighted by Crippen LogP contribution is 2.18. The minimum absolute atomic E-state index is 0.736. The summed E-state index contributed by atoms with van der Waals surface area (Å²) in [5.74, 6) is 0. The van der Waals surface area contributed by atoms with Crippen LogP contribution in [-0.2, 0) is 0 Å². The first-order chi connectivity index (χ1) is 6.21. The predicted molar refractivity (Wildman–Crippen MR) is 43.5 cm³/mol. The van der Waals surface area contributed by atoms with E-state index in [1.807, 2.05) is 0 Å². The van der Waals surface area contributed by atoms with Gasteiger partial charge in [0.25, 0.3) is 0 Å². The smallest absolute Gasteiger partial charge is 0.264 e. The van der Waals surface area contributed by atoms with Crippen molar-refractivity contribution in [2.75, 3.05) is 0 Å². The molecule has 0 rings (SSSR count). The molecule has 1 atom stereocenters. The van der Waals surface area contributed by atoms with E-state index in [1.54, 1.807) is 0 Å². The van der Waals surface area contributed by atoms with Crippen molar-refractivity contribution in [1.82, 2.24) is 0 Å². The van der Waals surface area contributed by atoms with E-state index >= 15 is 0 Å². The highest BCUT2D eigenvalue weighted by atomic mass is 16.7. The molecule has 0 aromatic heterocycles. The fraction of sp³-hybridized carbons (Fsp3) is 1.00. The Labute approximate surface area is 78.2 Å². The Morgan fingerprint density at radius 2 is 1.50 bits per heavy atom. The van der Waals surface area contributed by atoms with E-state index in [0.717, 1.165) is 13.8 Å². The molecular formula is C5H9N3O6. The molecule has 1 unspecified atom stereocenters. The van der Waals surface area contributed by atoms with Crippen LogP contribution in [-0.4, -0.2) is 26.5 Å². The zero-order valence-corrected chi connectivity index (χ0v) is 7.58. The maximum Gasteiger partial charge on any atom is 0.462 e. The van der Waals surface area contributed by atoms with Gasteiger partial charge in [0.05, 0.1) is 16.8 Å². The number of nitrogens with zero attached hydrogens (tertiary/aromatic N) is 3. The van der Waals surface area contributed by atoms with Crippen LogP contribution in [0.1, 0.15) is 20.3 Å². The average Bonchev–Trinajstić information content (AvgIpc) is 2.02. The van der Waals surface area contributed by atoms with E-state index < -0.39 is 32.9 Å². The highest BCUT2D eigenvalue weighted by molar-refractivity contribution is 4.64. The molecule has 0 N–H and O–H groups in total. The van der Waals surface area contributed by atoms with Crippen LogP contribution < -0.4 is 0 Å². The molecule has 0 saturated carbocycles. The highest BCUT2D eigenvalue weighted by Gasteiger charge is 2.53. The topological polar surface area (TPSA) is 129 Å². The van der Waals surface area contributed by atoms with E-state index in [9.17, 15) is 30.3 Å². The van der Waals surface area contributed by atoms with Crippen LogP contribution in [0.15, 0.2) is 0 Å². The minimum Gasteiger partial charge on any atom is -0.264 e. The molecule has 0 amide bonds. The molecule has 14 heavy (non-hydrogen) atoms. The maximum absolute atomic E-state index is 10.4. The second kappa shape index (κ2) is 3.94. The molecule has 0 saturated heterocycles. The standard InChI is InChI=1S/C5H9N3O6/c1-4(6(9)10)3-5(2,7(11)12)8(13)14/h4H,3H2,1-2H3. The average molecular weight is 207 g/mol. The molecular weight excluding hydrogens is 198 g/mol. The summed E-state index contributed by atoms with van der Waals surface area (Å²) in [6, 6.07) is -1.32. The lowest BCUT2D eigenvalue weighted by molar-refractivity contribution is -0.797. The second-order valence-corrected chi connectivity index (χ2v) is 3.07. The van der Waals surface area contributed by atoms with Crippen molar-refractivity contribution < 1.29 is 14.8 Å².